The van der Waals surface area contributed by atoms with Gasteiger partial charge < -0.3 is 5.32 Å². The molecule has 1 rings (SSSR count). The smallest absolute Gasteiger partial charge is 0.265 e. The van der Waals surface area contributed by atoms with E-state index in [1.165, 1.54) is 0 Å². The van der Waals surface area contributed by atoms with Crippen LogP contribution < -0.4 is 5.32 Å². The van der Waals surface area contributed by atoms with E-state index in [1.807, 2.05) is 13.8 Å². The first-order valence-corrected chi connectivity index (χ1v) is 6.76. The molecule has 0 bridgehead atoms. The Morgan fingerprint density at radius 2 is 2.40 bits per heavy atom. The number of alkyl halides is 1. The van der Waals surface area contributed by atoms with Gasteiger partial charge in [-0.05, 0) is 31.3 Å². The Hall–Kier alpha value is -0.490. The lowest BCUT2D eigenvalue weighted by molar-refractivity contribution is 0.0942. The Bertz CT molecular complexity index is 329. The molecule has 0 spiro atoms. The number of rotatable bonds is 5. The summed E-state index contributed by atoms with van der Waals surface area (Å²) >= 11 is 4.50. The van der Waals surface area contributed by atoms with E-state index < -0.39 is 0 Å². The molecule has 0 radical (unpaired) electrons. The van der Waals surface area contributed by atoms with Crippen LogP contribution >= 0.6 is 27.5 Å². The maximum Gasteiger partial charge on any atom is 0.265 e. The van der Waals surface area contributed by atoms with Gasteiger partial charge in [0.15, 0.2) is 0 Å². The average Bonchev–Trinajstić information content (AvgIpc) is 2.65. The van der Waals surface area contributed by atoms with Gasteiger partial charge in [0.2, 0.25) is 0 Å². The number of hydrogen-bond donors (Lipinski definition) is 1. The van der Waals surface area contributed by atoms with Crippen LogP contribution in [0.4, 0.5) is 0 Å². The van der Waals surface area contributed by atoms with E-state index in [0.717, 1.165) is 35.4 Å². The van der Waals surface area contributed by atoms with E-state index in [4.69, 9.17) is 0 Å². The van der Waals surface area contributed by atoms with Crippen molar-refractivity contribution in [3.05, 3.63) is 10.6 Å². The average molecular weight is 292 g/mol. The topological polar surface area (TPSA) is 54.9 Å². The summed E-state index contributed by atoms with van der Waals surface area (Å²) in [5.74, 6) is -0.0599. The van der Waals surface area contributed by atoms with Crippen LogP contribution in [0.1, 0.15) is 35.6 Å². The highest BCUT2D eigenvalue weighted by Gasteiger charge is 2.16. The van der Waals surface area contributed by atoms with Crippen molar-refractivity contribution in [1.82, 2.24) is 14.9 Å². The van der Waals surface area contributed by atoms with Gasteiger partial charge >= 0.3 is 0 Å². The Morgan fingerprint density at radius 1 is 1.67 bits per heavy atom. The largest absolute Gasteiger partial charge is 0.349 e. The molecule has 0 saturated carbocycles. The van der Waals surface area contributed by atoms with Crippen LogP contribution in [-0.4, -0.2) is 26.9 Å². The standard InChI is InChI=1S/C9H14BrN3OS/c1-3-7-8(15-13-12-7)9(14)11-6(2)4-5-10/h6H,3-5H2,1-2H3,(H,11,14). The number of nitrogens with one attached hydrogen (secondary N) is 1. The van der Waals surface area contributed by atoms with Crippen molar-refractivity contribution in [3.8, 4) is 0 Å². The lowest BCUT2D eigenvalue weighted by atomic mass is 10.2. The van der Waals surface area contributed by atoms with E-state index in [2.05, 4.69) is 30.8 Å². The second-order valence-electron chi connectivity index (χ2n) is 3.25. The predicted molar refractivity (Wildman–Crippen MR) is 64.6 cm³/mol. The number of aryl methyl sites for hydroxylation is 1. The summed E-state index contributed by atoms with van der Waals surface area (Å²) in [4.78, 5) is 12.4. The Kier molecular flexibility index (Phi) is 5.17. The van der Waals surface area contributed by atoms with Crippen molar-refractivity contribution in [3.63, 3.8) is 0 Å². The highest BCUT2D eigenvalue weighted by Crippen LogP contribution is 2.11. The number of hydrogen-bond acceptors (Lipinski definition) is 4. The highest BCUT2D eigenvalue weighted by molar-refractivity contribution is 9.09. The molecule has 1 aromatic heterocycles. The molecule has 1 heterocycles. The number of nitrogens with zero attached hydrogens (tertiary/aromatic N) is 2. The van der Waals surface area contributed by atoms with Crippen molar-refractivity contribution in [2.45, 2.75) is 32.7 Å². The fourth-order valence-electron chi connectivity index (χ4n) is 1.14. The van der Waals surface area contributed by atoms with Gasteiger partial charge in [-0.1, -0.05) is 27.3 Å². The van der Waals surface area contributed by atoms with Crippen LogP contribution in [0, 0.1) is 0 Å². The van der Waals surface area contributed by atoms with Crippen LogP contribution in [-0.2, 0) is 6.42 Å². The van der Waals surface area contributed by atoms with Gasteiger partial charge in [-0.2, -0.15) is 0 Å². The predicted octanol–water partition coefficient (Wildman–Crippen LogP) is 2.00. The summed E-state index contributed by atoms with van der Waals surface area (Å²) in [6.07, 6.45) is 1.66. The van der Waals surface area contributed by atoms with Crippen LogP contribution in [0.3, 0.4) is 0 Å². The lowest BCUT2D eigenvalue weighted by Gasteiger charge is -2.11. The van der Waals surface area contributed by atoms with Gasteiger partial charge in [0.1, 0.15) is 4.88 Å². The van der Waals surface area contributed by atoms with E-state index in [0.29, 0.717) is 4.88 Å². The number of carbonyl (C=O) groups excluding carboxylic acids is 1. The SMILES string of the molecule is CCc1nnsc1C(=O)NC(C)CCBr. The first kappa shape index (κ1) is 12.6. The molecule has 0 fully saturated rings. The van der Waals surface area contributed by atoms with Gasteiger partial charge in [-0.3, -0.25) is 4.79 Å². The van der Waals surface area contributed by atoms with Crippen LogP contribution in [0.25, 0.3) is 0 Å². The third-order valence-electron chi connectivity index (χ3n) is 2.02. The molecule has 1 aromatic rings. The van der Waals surface area contributed by atoms with Crippen molar-refractivity contribution < 1.29 is 4.79 Å². The summed E-state index contributed by atoms with van der Waals surface area (Å²) < 4.78 is 3.79. The number of aromatic nitrogens is 2. The summed E-state index contributed by atoms with van der Waals surface area (Å²) in [6, 6.07) is 0.170. The minimum absolute atomic E-state index is 0.0599. The van der Waals surface area contributed by atoms with Gasteiger partial charge in [0, 0.05) is 11.4 Å². The minimum Gasteiger partial charge on any atom is -0.349 e. The van der Waals surface area contributed by atoms with E-state index in [-0.39, 0.29) is 11.9 Å². The first-order chi connectivity index (χ1) is 7.19. The summed E-state index contributed by atoms with van der Waals surface area (Å²) in [7, 11) is 0. The molecule has 0 aliphatic heterocycles. The summed E-state index contributed by atoms with van der Waals surface area (Å²) in [5, 5.41) is 7.71. The monoisotopic (exact) mass is 291 g/mol. The molecular weight excluding hydrogens is 278 g/mol. The number of carbonyl (C=O) groups is 1. The third kappa shape index (κ3) is 3.53. The van der Waals surface area contributed by atoms with Crippen LogP contribution in [0.5, 0.6) is 0 Å². The molecule has 4 nitrogen and oxygen atoms in total. The lowest BCUT2D eigenvalue weighted by Crippen LogP contribution is -2.32. The molecule has 15 heavy (non-hydrogen) atoms. The van der Waals surface area contributed by atoms with E-state index >= 15 is 0 Å². The molecule has 6 heteroatoms. The Morgan fingerprint density at radius 3 is 3.00 bits per heavy atom. The van der Waals surface area contributed by atoms with Crippen LogP contribution in [0.15, 0.2) is 0 Å². The normalized spacial score (nSPS) is 12.5. The van der Waals surface area contributed by atoms with Crippen molar-refractivity contribution >= 4 is 33.4 Å². The zero-order chi connectivity index (χ0) is 11.3. The van der Waals surface area contributed by atoms with Gasteiger partial charge in [0.25, 0.3) is 5.91 Å². The van der Waals surface area contributed by atoms with Crippen molar-refractivity contribution in [1.29, 1.82) is 0 Å². The fourth-order valence-corrected chi connectivity index (χ4v) is 2.48. The molecule has 0 saturated heterocycles. The highest BCUT2D eigenvalue weighted by atomic mass is 79.9. The van der Waals surface area contributed by atoms with Gasteiger partial charge in [-0.25, -0.2) is 0 Å². The number of halogens is 1. The molecule has 0 aliphatic carbocycles. The summed E-state index contributed by atoms with van der Waals surface area (Å²) in [5.41, 5.74) is 0.781. The third-order valence-corrected chi connectivity index (χ3v) is 3.24. The van der Waals surface area contributed by atoms with Crippen LogP contribution in [0.2, 0.25) is 0 Å². The molecular formula is C9H14BrN3OS. The maximum atomic E-state index is 11.8. The second kappa shape index (κ2) is 6.17. The van der Waals surface area contributed by atoms with E-state index in [1.54, 1.807) is 0 Å². The Labute approximate surface area is 102 Å². The van der Waals surface area contributed by atoms with Crippen molar-refractivity contribution in [2.24, 2.45) is 0 Å². The maximum absolute atomic E-state index is 11.8. The quantitative estimate of drug-likeness (QED) is 0.845. The molecule has 1 atom stereocenters. The molecule has 0 aromatic carbocycles. The number of amides is 1. The molecule has 0 aliphatic rings. The zero-order valence-electron chi connectivity index (χ0n) is 8.79. The minimum atomic E-state index is -0.0599. The van der Waals surface area contributed by atoms with Gasteiger partial charge in [-0.15, -0.1) is 5.10 Å². The first-order valence-electron chi connectivity index (χ1n) is 4.87. The zero-order valence-corrected chi connectivity index (χ0v) is 11.2. The Balaban J connectivity index is 2.61. The molecule has 1 N–H and O–H groups in total. The van der Waals surface area contributed by atoms with Gasteiger partial charge in [0.05, 0.1) is 5.69 Å². The molecule has 84 valence electrons. The second-order valence-corrected chi connectivity index (χ2v) is 4.80. The fraction of sp³-hybridized carbons (Fsp3) is 0.667. The van der Waals surface area contributed by atoms with Crippen molar-refractivity contribution in [2.75, 3.05) is 5.33 Å². The summed E-state index contributed by atoms with van der Waals surface area (Å²) in [6.45, 7) is 3.95. The molecule has 1 unspecified atom stereocenters. The van der Waals surface area contributed by atoms with E-state index in [9.17, 15) is 4.79 Å². The molecule has 1 amide bonds.